The van der Waals surface area contributed by atoms with Crippen LogP contribution in [0.5, 0.6) is 5.75 Å². The summed E-state index contributed by atoms with van der Waals surface area (Å²) in [5.74, 6) is 0.744. The Balaban J connectivity index is 1.76. The van der Waals surface area contributed by atoms with E-state index in [0.29, 0.717) is 6.61 Å². The first-order chi connectivity index (χ1) is 10.1. The molecule has 0 spiro atoms. The average Bonchev–Trinajstić information content (AvgIpc) is 2.93. The van der Waals surface area contributed by atoms with E-state index < -0.39 is 6.10 Å². The van der Waals surface area contributed by atoms with Crippen LogP contribution in [0.25, 0.3) is 0 Å². The summed E-state index contributed by atoms with van der Waals surface area (Å²) in [6.07, 6.45) is 3.10. The predicted octanol–water partition coefficient (Wildman–Crippen LogP) is 4.57. The normalized spacial score (nSPS) is 14.8. The first-order valence-corrected chi connectivity index (χ1v) is 8.14. The topological polar surface area (TPSA) is 29.5 Å². The Morgan fingerprint density at radius 2 is 1.95 bits per heavy atom. The molecule has 0 fully saturated rings. The maximum Gasteiger partial charge on any atom is 0.125 e. The molecule has 0 aliphatic heterocycles. The van der Waals surface area contributed by atoms with E-state index in [0.717, 1.165) is 15.8 Å². The molecule has 0 heterocycles. The fourth-order valence-corrected chi connectivity index (χ4v) is 3.23. The minimum Gasteiger partial charge on any atom is -0.489 e. The Labute approximate surface area is 133 Å². The van der Waals surface area contributed by atoms with E-state index in [2.05, 4.69) is 34.1 Å². The van der Waals surface area contributed by atoms with Crippen LogP contribution in [0.1, 0.15) is 41.7 Å². The summed E-state index contributed by atoms with van der Waals surface area (Å²) in [6, 6.07) is 12.4. The van der Waals surface area contributed by atoms with Gasteiger partial charge in [-0.2, -0.15) is 0 Å². The second kappa shape index (κ2) is 6.20. The molecule has 1 aliphatic rings. The van der Waals surface area contributed by atoms with E-state index in [-0.39, 0.29) is 0 Å². The van der Waals surface area contributed by atoms with Gasteiger partial charge in [-0.05, 0) is 61.1 Å². The van der Waals surface area contributed by atoms with E-state index in [4.69, 9.17) is 4.74 Å². The standard InChI is InChI=1S/C18H19BrO2/c1-12(20)17-10-16(19)7-8-18(17)21-11-13-5-6-14-3-2-4-15(14)9-13/h5-10,12,20H,2-4,11H2,1H3/t12-/m1/s1. The van der Waals surface area contributed by atoms with Gasteiger partial charge < -0.3 is 9.84 Å². The van der Waals surface area contributed by atoms with Crippen molar-refractivity contribution in [2.75, 3.05) is 0 Å². The van der Waals surface area contributed by atoms with Crippen molar-refractivity contribution in [1.82, 2.24) is 0 Å². The molecule has 2 aromatic rings. The smallest absolute Gasteiger partial charge is 0.125 e. The molecule has 0 saturated heterocycles. The van der Waals surface area contributed by atoms with Crippen LogP contribution in [0.3, 0.4) is 0 Å². The largest absolute Gasteiger partial charge is 0.489 e. The molecule has 2 nitrogen and oxygen atoms in total. The van der Waals surface area contributed by atoms with Crippen molar-refractivity contribution >= 4 is 15.9 Å². The number of hydrogen-bond acceptors (Lipinski definition) is 2. The maximum absolute atomic E-state index is 9.85. The summed E-state index contributed by atoms with van der Waals surface area (Å²) < 4.78 is 6.87. The summed E-state index contributed by atoms with van der Waals surface area (Å²) >= 11 is 3.43. The number of ether oxygens (including phenoxy) is 1. The number of hydrogen-bond donors (Lipinski definition) is 1. The minimum atomic E-state index is -0.544. The second-order valence-corrected chi connectivity index (χ2v) is 6.52. The van der Waals surface area contributed by atoms with Crippen LogP contribution >= 0.6 is 15.9 Å². The third kappa shape index (κ3) is 3.30. The molecule has 1 N–H and O–H groups in total. The SMILES string of the molecule is C[C@@H](O)c1cc(Br)ccc1OCc1ccc2c(c1)CCC2. The van der Waals surface area contributed by atoms with Crippen molar-refractivity contribution in [2.24, 2.45) is 0 Å². The molecule has 1 aliphatic carbocycles. The highest BCUT2D eigenvalue weighted by atomic mass is 79.9. The fourth-order valence-electron chi connectivity index (χ4n) is 2.85. The first-order valence-electron chi connectivity index (χ1n) is 7.34. The molecular formula is C18H19BrO2. The lowest BCUT2D eigenvalue weighted by Crippen LogP contribution is -2.01. The van der Waals surface area contributed by atoms with Crippen LogP contribution in [-0.2, 0) is 19.4 Å². The molecule has 21 heavy (non-hydrogen) atoms. The van der Waals surface area contributed by atoms with Crippen molar-refractivity contribution in [3.05, 3.63) is 63.1 Å². The molecule has 0 aromatic heterocycles. The monoisotopic (exact) mass is 346 g/mol. The maximum atomic E-state index is 9.85. The molecule has 0 bridgehead atoms. The highest BCUT2D eigenvalue weighted by Crippen LogP contribution is 2.29. The van der Waals surface area contributed by atoms with Gasteiger partial charge in [0.1, 0.15) is 12.4 Å². The van der Waals surface area contributed by atoms with Gasteiger partial charge in [-0.1, -0.05) is 34.1 Å². The Morgan fingerprint density at radius 3 is 2.76 bits per heavy atom. The zero-order valence-corrected chi connectivity index (χ0v) is 13.7. The second-order valence-electron chi connectivity index (χ2n) is 5.60. The summed E-state index contributed by atoms with van der Waals surface area (Å²) in [4.78, 5) is 0. The summed E-state index contributed by atoms with van der Waals surface area (Å²) in [7, 11) is 0. The molecule has 0 amide bonds. The summed E-state index contributed by atoms with van der Waals surface area (Å²) in [5.41, 5.74) is 4.94. The predicted molar refractivity (Wildman–Crippen MR) is 87.6 cm³/mol. The van der Waals surface area contributed by atoms with Crippen LogP contribution < -0.4 is 4.74 Å². The highest BCUT2D eigenvalue weighted by Gasteiger charge is 2.12. The number of benzene rings is 2. The van der Waals surface area contributed by atoms with Gasteiger partial charge in [0.05, 0.1) is 6.10 Å². The summed E-state index contributed by atoms with van der Waals surface area (Å²) in [5, 5.41) is 9.85. The zero-order valence-electron chi connectivity index (χ0n) is 12.1. The third-order valence-electron chi connectivity index (χ3n) is 3.98. The molecule has 2 aromatic carbocycles. The number of aryl methyl sites for hydroxylation is 2. The van der Waals surface area contributed by atoms with E-state index in [9.17, 15) is 5.11 Å². The zero-order chi connectivity index (χ0) is 14.8. The van der Waals surface area contributed by atoms with Crippen LogP contribution in [0.2, 0.25) is 0 Å². The fraction of sp³-hybridized carbons (Fsp3) is 0.333. The Kier molecular flexibility index (Phi) is 4.32. The first kappa shape index (κ1) is 14.6. The number of halogens is 1. The van der Waals surface area contributed by atoms with Crippen molar-refractivity contribution in [3.8, 4) is 5.75 Å². The van der Waals surface area contributed by atoms with Gasteiger partial charge in [-0.15, -0.1) is 0 Å². The van der Waals surface area contributed by atoms with Crippen molar-refractivity contribution in [2.45, 2.75) is 38.9 Å². The van der Waals surface area contributed by atoms with Crippen LogP contribution in [0, 0.1) is 0 Å². The molecule has 110 valence electrons. The van der Waals surface area contributed by atoms with Gasteiger partial charge >= 0.3 is 0 Å². The molecule has 1 atom stereocenters. The van der Waals surface area contributed by atoms with Crippen molar-refractivity contribution in [1.29, 1.82) is 0 Å². The number of fused-ring (bicyclic) bond motifs is 1. The third-order valence-corrected chi connectivity index (χ3v) is 4.47. The molecular weight excluding hydrogens is 328 g/mol. The van der Waals surface area contributed by atoms with Gasteiger partial charge in [-0.25, -0.2) is 0 Å². The lowest BCUT2D eigenvalue weighted by Gasteiger charge is -2.14. The van der Waals surface area contributed by atoms with E-state index in [1.165, 1.54) is 36.0 Å². The van der Waals surface area contributed by atoms with E-state index in [1.54, 1.807) is 6.92 Å². The highest BCUT2D eigenvalue weighted by molar-refractivity contribution is 9.10. The molecule has 3 rings (SSSR count). The van der Waals surface area contributed by atoms with Crippen molar-refractivity contribution in [3.63, 3.8) is 0 Å². The van der Waals surface area contributed by atoms with Crippen LogP contribution in [-0.4, -0.2) is 5.11 Å². The molecule has 0 unspecified atom stereocenters. The number of aliphatic hydroxyl groups is 1. The van der Waals surface area contributed by atoms with Gasteiger partial charge in [-0.3, -0.25) is 0 Å². The van der Waals surface area contributed by atoms with Gasteiger partial charge in [0, 0.05) is 10.0 Å². The molecule has 3 heteroatoms. The van der Waals surface area contributed by atoms with E-state index in [1.807, 2.05) is 18.2 Å². The lowest BCUT2D eigenvalue weighted by atomic mass is 10.1. The Bertz CT molecular complexity index is 650. The Hall–Kier alpha value is -1.32. The summed E-state index contributed by atoms with van der Waals surface area (Å²) in [6.45, 7) is 2.29. The average molecular weight is 347 g/mol. The lowest BCUT2D eigenvalue weighted by molar-refractivity contribution is 0.190. The minimum absolute atomic E-state index is 0.536. The van der Waals surface area contributed by atoms with E-state index >= 15 is 0 Å². The van der Waals surface area contributed by atoms with Gasteiger partial charge in [0.25, 0.3) is 0 Å². The molecule has 0 saturated carbocycles. The van der Waals surface area contributed by atoms with Crippen LogP contribution in [0.4, 0.5) is 0 Å². The number of rotatable bonds is 4. The van der Waals surface area contributed by atoms with Gasteiger partial charge in [0.2, 0.25) is 0 Å². The number of aliphatic hydroxyl groups excluding tert-OH is 1. The molecule has 0 radical (unpaired) electrons. The van der Waals surface area contributed by atoms with Crippen LogP contribution in [0.15, 0.2) is 40.9 Å². The Morgan fingerprint density at radius 1 is 1.14 bits per heavy atom. The van der Waals surface area contributed by atoms with Gasteiger partial charge in [0.15, 0.2) is 0 Å². The quantitative estimate of drug-likeness (QED) is 0.878. The van der Waals surface area contributed by atoms with Crippen molar-refractivity contribution < 1.29 is 9.84 Å².